The highest BCUT2D eigenvalue weighted by Crippen LogP contribution is 2.25. The van der Waals surface area contributed by atoms with E-state index in [1.54, 1.807) is 17.3 Å². The van der Waals surface area contributed by atoms with Gasteiger partial charge in [0, 0.05) is 19.2 Å². The van der Waals surface area contributed by atoms with E-state index in [9.17, 15) is 0 Å². The first-order valence-electron chi connectivity index (χ1n) is 7.38. The first-order chi connectivity index (χ1) is 10.1. The Morgan fingerprint density at radius 1 is 1.43 bits per heavy atom. The minimum Gasteiger partial charge on any atom is -0.374 e. The maximum atomic E-state index is 5.75. The molecule has 2 heterocycles. The molecular formula is C16H22N4O. The van der Waals surface area contributed by atoms with Gasteiger partial charge in [-0.1, -0.05) is 12.1 Å². The largest absolute Gasteiger partial charge is 0.374 e. The van der Waals surface area contributed by atoms with Crippen molar-refractivity contribution in [3.8, 4) is 5.69 Å². The van der Waals surface area contributed by atoms with Gasteiger partial charge in [-0.3, -0.25) is 0 Å². The molecule has 1 aliphatic heterocycles. The van der Waals surface area contributed by atoms with Gasteiger partial charge < -0.3 is 10.1 Å². The number of hydrogen-bond acceptors (Lipinski definition) is 4. The Morgan fingerprint density at radius 3 is 2.90 bits per heavy atom. The first kappa shape index (κ1) is 14.2. The average Bonchev–Trinajstić information content (AvgIpc) is 3.06. The fourth-order valence-corrected chi connectivity index (χ4v) is 2.89. The van der Waals surface area contributed by atoms with Gasteiger partial charge >= 0.3 is 0 Å². The molecule has 112 valence electrons. The van der Waals surface area contributed by atoms with Gasteiger partial charge in [-0.05, 0) is 44.4 Å². The number of benzene rings is 1. The lowest BCUT2D eigenvalue weighted by molar-refractivity contribution is 0.0214. The average molecular weight is 286 g/mol. The van der Waals surface area contributed by atoms with Crippen LogP contribution in [0.25, 0.3) is 5.69 Å². The summed E-state index contributed by atoms with van der Waals surface area (Å²) in [6.45, 7) is 8.10. The van der Waals surface area contributed by atoms with E-state index in [1.807, 2.05) is 0 Å². The zero-order chi connectivity index (χ0) is 14.9. The highest BCUT2D eigenvalue weighted by molar-refractivity contribution is 5.41. The van der Waals surface area contributed by atoms with E-state index in [2.05, 4.69) is 54.4 Å². The van der Waals surface area contributed by atoms with Crippen LogP contribution in [0, 0.1) is 6.92 Å². The van der Waals surface area contributed by atoms with Crippen molar-refractivity contribution in [3.05, 3.63) is 42.0 Å². The molecule has 2 aromatic rings. The monoisotopic (exact) mass is 286 g/mol. The van der Waals surface area contributed by atoms with Crippen molar-refractivity contribution >= 4 is 0 Å². The molecule has 1 atom stereocenters. The molecule has 5 nitrogen and oxygen atoms in total. The number of ether oxygens (including phenoxy) is 1. The summed E-state index contributed by atoms with van der Waals surface area (Å²) in [5.41, 5.74) is 3.47. The Morgan fingerprint density at radius 2 is 2.29 bits per heavy atom. The third-order valence-electron chi connectivity index (χ3n) is 4.20. The first-order valence-corrected chi connectivity index (χ1v) is 7.38. The Hall–Kier alpha value is -1.72. The van der Waals surface area contributed by atoms with Gasteiger partial charge in [-0.15, -0.1) is 0 Å². The van der Waals surface area contributed by atoms with Gasteiger partial charge in [-0.2, -0.15) is 5.10 Å². The summed E-state index contributed by atoms with van der Waals surface area (Å²) in [5, 5.41) is 7.79. The Bertz CT molecular complexity index is 607. The quantitative estimate of drug-likeness (QED) is 0.936. The van der Waals surface area contributed by atoms with E-state index < -0.39 is 0 Å². The molecule has 1 aromatic carbocycles. The summed E-state index contributed by atoms with van der Waals surface area (Å²) in [6.07, 6.45) is 4.35. The third kappa shape index (κ3) is 2.99. The van der Waals surface area contributed by atoms with Crippen LogP contribution in [0.3, 0.4) is 0 Å². The summed E-state index contributed by atoms with van der Waals surface area (Å²) in [6, 6.07) is 6.84. The van der Waals surface area contributed by atoms with E-state index in [0.29, 0.717) is 6.04 Å². The van der Waals surface area contributed by atoms with Crippen LogP contribution in [-0.4, -0.2) is 33.0 Å². The van der Waals surface area contributed by atoms with Gasteiger partial charge in [0.2, 0.25) is 0 Å². The number of aryl methyl sites for hydroxylation is 1. The minimum absolute atomic E-state index is 0.0737. The van der Waals surface area contributed by atoms with Crippen LogP contribution in [0.5, 0.6) is 0 Å². The van der Waals surface area contributed by atoms with Gasteiger partial charge in [0.25, 0.3) is 0 Å². The van der Waals surface area contributed by atoms with Crippen molar-refractivity contribution in [2.75, 3.05) is 6.61 Å². The molecule has 0 bridgehead atoms. The third-order valence-corrected chi connectivity index (χ3v) is 4.20. The summed E-state index contributed by atoms with van der Waals surface area (Å²) in [7, 11) is 0. The number of nitrogens with zero attached hydrogens (tertiary/aromatic N) is 3. The summed E-state index contributed by atoms with van der Waals surface area (Å²) < 4.78 is 7.54. The molecule has 0 spiro atoms. The zero-order valence-corrected chi connectivity index (χ0v) is 12.8. The van der Waals surface area contributed by atoms with Crippen LogP contribution < -0.4 is 5.32 Å². The summed E-state index contributed by atoms with van der Waals surface area (Å²) >= 11 is 0. The van der Waals surface area contributed by atoms with E-state index in [0.717, 1.165) is 25.3 Å². The molecular weight excluding hydrogens is 264 g/mol. The van der Waals surface area contributed by atoms with E-state index in [4.69, 9.17) is 4.74 Å². The van der Waals surface area contributed by atoms with Crippen LogP contribution in [0.1, 0.15) is 31.4 Å². The van der Waals surface area contributed by atoms with Crippen LogP contribution >= 0.6 is 0 Å². The SMILES string of the molecule is Cc1cc(CNC2CCOC2(C)C)ccc1-n1cncn1. The maximum Gasteiger partial charge on any atom is 0.138 e. The molecule has 0 radical (unpaired) electrons. The molecule has 1 aliphatic rings. The van der Waals surface area contributed by atoms with Crippen LogP contribution in [-0.2, 0) is 11.3 Å². The highest BCUT2D eigenvalue weighted by atomic mass is 16.5. The normalized spacial score (nSPS) is 20.8. The Balaban J connectivity index is 1.69. The van der Waals surface area contributed by atoms with Crippen molar-refractivity contribution in [1.29, 1.82) is 0 Å². The minimum atomic E-state index is -0.0737. The molecule has 1 unspecified atom stereocenters. The molecule has 0 aliphatic carbocycles. The fraction of sp³-hybridized carbons (Fsp3) is 0.500. The molecule has 1 N–H and O–H groups in total. The van der Waals surface area contributed by atoms with E-state index in [-0.39, 0.29) is 5.60 Å². The second-order valence-corrected chi connectivity index (χ2v) is 6.13. The Kier molecular flexibility index (Phi) is 3.78. The number of rotatable bonds is 4. The number of hydrogen-bond donors (Lipinski definition) is 1. The zero-order valence-electron chi connectivity index (χ0n) is 12.8. The van der Waals surface area contributed by atoms with E-state index >= 15 is 0 Å². The van der Waals surface area contributed by atoms with Gasteiger partial charge in [0.15, 0.2) is 0 Å². The maximum absolute atomic E-state index is 5.75. The van der Waals surface area contributed by atoms with Gasteiger partial charge in [0.1, 0.15) is 12.7 Å². The number of nitrogens with one attached hydrogen (secondary N) is 1. The lowest BCUT2D eigenvalue weighted by Gasteiger charge is -2.26. The molecule has 1 saturated heterocycles. The smallest absolute Gasteiger partial charge is 0.138 e. The number of aromatic nitrogens is 3. The molecule has 0 saturated carbocycles. The highest BCUT2D eigenvalue weighted by Gasteiger charge is 2.35. The van der Waals surface area contributed by atoms with Crippen LogP contribution in [0.4, 0.5) is 0 Å². The topological polar surface area (TPSA) is 52.0 Å². The standard InChI is InChI=1S/C16H22N4O/c1-12-8-13(4-5-14(12)20-11-17-10-19-20)9-18-15-6-7-21-16(15,2)3/h4-5,8,10-11,15,18H,6-7,9H2,1-3H3. The second-order valence-electron chi connectivity index (χ2n) is 6.13. The van der Waals surface area contributed by atoms with Crippen molar-refractivity contribution < 1.29 is 4.74 Å². The molecule has 5 heteroatoms. The molecule has 0 amide bonds. The predicted octanol–water partition coefficient (Wildman–Crippen LogP) is 2.23. The predicted molar refractivity (Wildman–Crippen MR) is 81.4 cm³/mol. The molecule has 1 aromatic heterocycles. The lowest BCUT2D eigenvalue weighted by atomic mass is 9.98. The lowest BCUT2D eigenvalue weighted by Crippen LogP contribution is -2.42. The van der Waals surface area contributed by atoms with Gasteiger partial charge in [0.05, 0.1) is 11.3 Å². The summed E-state index contributed by atoms with van der Waals surface area (Å²) in [5.74, 6) is 0. The molecule has 1 fully saturated rings. The van der Waals surface area contributed by atoms with E-state index in [1.165, 1.54) is 11.1 Å². The second kappa shape index (κ2) is 5.58. The van der Waals surface area contributed by atoms with Crippen molar-refractivity contribution in [2.45, 2.75) is 45.4 Å². The van der Waals surface area contributed by atoms with Crippen molar-refractivity contribution in [3.63, 3.8) is 0 Å². The van der Waals surface area contributed by atoms with Crippen molar-refractivity contribution in [1.82, 2.24) is 20.1 Å². The van der Waals surface area contributed by atoms with Crippen LogP contribution in [0.15, 0.2) is 30.9 Å². The van der Waals surface area contributed by atoms with Gasteiger partial charge in [-0.25, -0.2) is 9.67 Å². The van der Waals surface area contributed by atoms with Crippen LogP contribution in [0.2, 0.25) is 0 Å². The Labute approximate surface area is 125 Å². The summed E-state index contributed by atoms with van der Waals surface area (Å²) in [4.78, 5) is 3.99. The fourth-order valence-electron chi connectivity index (χ4n) is 2.89. The molecule has 21 heavy (non-hydrogen) atoms. The molecule has 3 rings (SSSR count). The van der Waals surface area contributed by atoms with Crippen molar-refractivity contribution in [2.24, 2.45) is 0 Å².